The molecular formula is C22H19N3O5. The van der Waals surface area contributed by atoms with Gasteiger partial charge in [0.15, 0.2) is 17.7 Å². The summed E-state index contributed by atoms with van der Waals surface area (Å²) in [6.45, 7) is 0.0361. The molecule has 1 heterocycles. The van der Waals surface area contributed by atoms with Gasteiger partial charge in [-0.2, -0.15) is 5.26 Å². The lowest BCUT2D eigenvalue weighted by Crippen LogP contribution is -2.36. The van der Waals surface area contributed by atoms with E-state index in [4.69, 9.17) is 4.74 Å². The molecule has 3 aromatic rings. The number of aliphatic hydroxyl groups is 2. The van der Waals surface area contributed by atoms with Crippen molar-refractivity contribution in [3.05, 3.63) is 59.9 Å². The van der Waals surface area contributed by atoms with Crippen molar-refractivity contribution in [2.75, 3.05) is 6.54 Å². The van der Waals surface area contributed by atoms with Gasteiger partial charge in [-0.1, -0.05) is 18.2 Å². The van der Waals surface area contributed by atoms with Gasteiger partial charge in [0.05, 0.1) is 0 Å². The van der Waals surface area contributed by atoms with Crippen LogP contribution in [0.5, 0.6) is 17.2 Å². The third kappa shape index (κ3) is 3.64. The van der Waals surface area contributed by atoms with E-state index in [0.29, 0.717) is 29.7 Å². The van der Waals surface area contributed by atoms with Crippen molar-refractivity contribution in [2.24, 2.45) is 5.41 Å². The number of hydrogen-bond acceptors (Lipinski definition) is 7. The number of aliphatic hydroxyl groups excluding tert-OH is 1. The summed E-state index contributed by atoms with van der Waals surface area (Å²) in [4.78, 5) is 16.6. The SMILES string of the molecule is N#Cc1nc(C(=O)NCC2(C(O)O)CC2)c(O)c2ccc(Oc3ccccc3)cc12. The number of carbonyl (C=O) groups excluding carboxylic acids is 1. The largest absolute Gasteiger partial charge is 0.505 e. The summed E-state index contributed by atoms with van der Waals surface area (Å²) in [5, 5.41) is 42.2. The molecule has 0 spiro atoms. The van der Waals surface area contributed by atoms with Gasteiger partial charge in [0, 0.05) is 22.7 Å². The van der Waals surface area contributed by atoms with Crippen LogP contribution in [0.4, 0.5) is 0 Å². The molecule has 1 fully saturated rings. The van der Waals surface area contributed by atoms with E-state index in [2.05, 4.69) is 10.3 Å². The highest BCUT2D eigenvalue weighted by Crippen LogP contribution is 2.47. The van der Waals surface area contributed by atoms with Crippen molar-refractivity contribution in [2.45, 2.75) is 19.1 Å². The summed E-state index contributed by atoms with van der Waals surface area (Å²) < 4.78 is 5.76. The van der Waals surface area contributed by atoms with Crippen molar-refractivity contribution in [3.8, 4) is 23.3 Å². The zero-order valence-corrected chi connectivity index (χ0v) is 15.9. The van der Waals surface area contributed by atoms with Crippen LogP contribution >= 0.6 is 0 Å². The molecular weight excluding hydrogens is 386 g/mol. The number of nitrogens with zero attached hydrogens (tertiary/aromatic N) is 2. The third-order valence-corrected chi connectivity index (χ3v) is 5.29. The molecule has 4 N–H and O–H groups in total. The molecule has 0 unspecified atom stereocenters. The second-order valence-corrected chi connectivity index (χ2v) is 7.31. The fraction of sp³-hybridized carbons (Fsp3) is 0.227. The van der Waals surface area contributed by atoms with E-state index in [0.717, 1.165) is 0 Å². The minimum atomic E-state index is -1.53. The van der Waals surface area contributed by atoms with Crippen molar-refractivity contribution >= 4 is 16.7 Å². The van der Waals surface area contributed by atoms with E-state index in [1.165, 1.54) is 0 Å². The van der Waals surface area contributed by atoms with Crippen molar-refractivity contribution in [3.63, 3.8) is 0 Å². The molecule has 2 aromatic carbocycles. The van der Waals surface area contributed by atoms with Gasteiger partial charge in [-0.25, -0.2) is 4.98 Å². The summed E-state index contributed by atoms with van der Waals surface area (Å²) in [5.41, 5.74) is -1.09. The molecule has 0 radical (unpaired) electrons. The van der Waals surface area contributed by atoms with E-state index in [1.807, 2.05) is 24.3 Å². The Hall–Kier alpha value is -3.67. The normalized spacial score (nSPS) is 14.3. The van der Waals surface area contributed by atoms with Crippen LogP contribution in [0, 0.1) is 16.7 Å². The average Bonchev–Trinajstić information content (AvgIpc) is 3.54. The lowest BCUT2D eigenvalue weighted by molar-refractivity contribution is -0.0935. The maximum Gasteiger partial charge on any atom is 0.273 e. The molecule has 30 heavy (non-hydrogen) atoms. The number of hydrogen-bond donors (Lipinski definition) is 4. The second-order valence-electron chi connectivity index (χ2n) is 7.31. The van der Waals surface area contributed by atoms with Gasteiger partial charge in [0.1, 0.15) is 23.3 Å². The smallest absolute Gasteiger partial charge is 0.273 e. The minimum Gasteiger partial charge on any atom is -0.505 e. The van der Waals surface area contributed by atoms with Gasteiger partial charge in [-0.15, -0.1) is 0 Å². The molecule has 1 aliphatic rings. The maximum atomic E-state index is 12.6. The number of carbonyl (C=O) groups is 1. The molecule has 0 aliphatic heterocycles. The molecule has 8 heteroatoms. The first-order valence-corrected chi connectivity index (χ1v) is 9.37. The number of aromatic nitrogens is 1. The van der Waals surface area contributed by atoms with Gasteiger partial charge in [0.2, 0.25) is 0 Å². The summed E-state index contributed by atoms with van der Waals surface area (Å²) in [6.07, 6.45) is -0.375. The van der Waals surface area contributed by atoms with Gasteiger partial charge in [-0.3, -0.25) is 4.79 Å². The summed E-state index contributed by atoms with van der Waals surface area (Å²) in [6, 6.07) is 15.8. The number of para-hydroxylation sites is 1. The Bertz CT molecular complexity index is 1150. The predicted molar refractivity (Wildman–Crippen MR) is 107 cm³/mol. The number of amides is 1. The highest BCUT2D eigenvalue weighted by atomic mass is 16.5. The number of aromatic hydroxyl groups is 1. The first-order valence-electron chi connectivity index (χ1n) is 9.37. The van der Waals surface area contributed by atoms with Gasteiger partial charge in [0.25, 0.3) is 5.91 Å². The van der Waals surface area contributed by atoms with Crippen LogP contribution in [0.15, 0.2) is 48.5 Å². The molecule has 4 rings (SSSR count). The predicted octanol–water partition coefficient (Wildman–Crippen LogP) is 2.43. The fourth-order valence-corrected chi connectivity index (χ4v) is 3.24. The van der Waals surface area contributed by atoms with E-state index >= 15 is 0 Å². The van der Waals surface area contributed by atoms with E-state index in [9.17, 15) is 25.4 Å². The topological polar surface area (TPSA) is 136 Å². The summed E-state index contributed by atoms with van der Waals surface area (Å²) in [7, 11) is 0. The highest BCUT2D eigenvalue weighted by molar-refractivity contribution is 6.03. The summed E-state index contributed by atoms with van der Waals surface area (Å²) in [5.74, 6) is 0.0180. The number of pyridine rings is 1. The van der Waals surface area contributed by atoms with Crippen LogP contribution in [0.25, 0.3) is 10.8 Å². The molecule has 0 saturated heterocycles. The van der Waals surface area contributed by atoms with Crippen molar-refractivity contribution < 1.29 is 24.9 Å². The van der Waals surface area contributed by atoms with Crippen molar-refractivity contribution in [1.82, 2.24) is 10.3 Å². The zero-order valence-electron chi connectivity index (χ0n) is 15.9. The second kappa shape index (κ2) is 7.63. The van der Waals surface area contributed by atoms with Gasteiger partial charge in [-0.05, 0) is 43.2 Å². The van der Waals surface area contributed by atoms with E-state index in [1.54, 1.807) is 30.3 Å². The molecule has 8 nitrogen and oxygen atoms in total. The number of ether oxygens (including phenoxy) is 1. The molecule has 1 aromatic heterocycles. The number of benzene rings is 2. The Labute approximate surface area is 172 Å². The Kier molecular flexibility index (Phi) is 4.99. The van der Waals surface area contributed by atoms with Crippen LogP contribution in [0.3, 0.4) is 0 Å². The van der Waals surface area contributed by atoms with Crippen LogP contribution in [-0.4, -0.2) is 39.0 Å². The van der Waals surface area contributed by atoms with E-state index < -0.39 is 17.6 Å². The Morgan fingerprint density at radius 3 is 2.53 bits per heavy atom. The Balaban J connectivity index is 1.64. The van der Waals surface area contributed by atoms with Crippen LogP contribution < -0.4 is 10.1 Å². The molecule has 0 atom stereocenters. The molecule has 0 bridgehead atoms. The number of nitrogens with one attached hydrogen (secondary N) is 1. The monoisotopic (exact) mass is 405 g/mol. The quantitative estimate of drug-likeness (QED) is 0.462. The standard InChI is InChI=1S/C22H19N3O5/c23-11-17-16-10-14(30-13-4-2-1-3-5-13)6-7-15(16)19(26)18(25-17)20(27)24-12-22(8-9-22)21(28)29/h1-7,10,21,26,28-29H,8-9,12H2,(H,24,27). The number of fused-ring (bicyclic) bond motifs is 1. The maximum absolute atomic E-state index is 12.6. The number of nitriles is 1. The highest BCUT2D eigenvalue weighted by Gasteiger charge is 2.48. The minimum absolute atomic E-state index is 0.0326. The van der Waals surface area contributed by atoms with Gasteiger partial charge < -0.3 is 25.4 Å². The molecule has 1 saturated carbocycles. The number of rotatable bonds is 6. The van der Waals surface area contributed by atoms with Crippen LogP contribution in [-0.2, 0) is 0 Å². The van der Waals surface area contributed by atoms with Crippen LogP contribution in [0.2, 0.25) is 0 Å². The van der Waals surface area contributed by atoms with Crippen LogP contribution in [0.1, 0.15) is 29.0 Å². The van der Waals surface area contributed by atoms with Gasteiger partial charge >= 0.3 is 0 Å². The Morgan fingerprint density at radius 1 is 1.17 bits per heavy atom. The first-order chi connectivity index (χ1) is 14.4. The molecule has 152 valence electrons. The summed E-state index contributed by atoms with van der Waals surface area (Å²) >= 11 is 0. The van der Waals surface area contributed by atoms with E-state index in [-0.39, 0.29) is 29.1 Å². The molecule has 1 amide bonds. The third-order valence-electron chi connectivity index (χ3n) is 5.29. The first kappa shape index (κ1) is 19.6. The molecule has 1 aliphatic carbocycles. The fourth-order valence-electron chi connectivity index (χ4n) is 3.24. The zero-order chi connectivity index (χ0) is 21.3. The lowest BCUT2D eigenvalue weighted by Gasteiger charge is -2.18. The Morgan fingerprint density at radius 2 is 1.90 bits per heavy atom. The average molecular weight is 405 g/mol. The lowest BCUT2D eigenvalue weighted by atomic mass is 10.1. The van der Waals surface area contributed by atoms with Crippen molar-refractivity contribution in [1.29, 1.82) is 5.26 Å².